The highest BCUT2D eigenvalue weighted by molar-refractivity contribution is 5.94. The summed E-state index contributed by atoms with van der Waals surface area (Å²) in [6, 6.07) is 14.7. The van der Waals surface area contributed by atoms with Crippen LogP contribution in [0.3, 0.4) is 0 Å². The molecule has 0 radical (unpaired) electrons. The molecular formula is C22H21NO5. The van der Waals surface area contributed by atoms with Crippen LogP contribution in [0.4, 0.5) is 0 Å². The van der Waals surface area contributed by atoms with E-state index >= 15 is 0 Å². The van der Waals surface area contributed by atoms with E-state index in [9.17, 15) is 9.59 Å². The van der Waals surface area contributed by atoms with Crippen molar-refractivity contribution in [2.24, 2.45) is 0 Å². The molecule has 3 aromatic rings. The van der Waals surface area contributed by atoms with Gasteiger partial charge in [0.1, 0.15) is 12.4 Å². The van der Waals surface area contributed by atoms with Crippen molar-refractivity contribution >= 4 is 11.8 Å². The molecule has 0 amide bonds. The Labute approximate surface area is 163 Å². The fourth-order valence-corrected chi connectivity index (χ4v) is 2.71. The van der Waals surface area contributed by atoms with Gasteiger partial charge in [0.2, 0.25) is 0 Å². The van der Waals surface area contributed by atoms with Gasteiger partial charge in [0, 0.05) is 23.1 Å². The number of nitrogens with zero attached hydrogens (tertiary/aromatic N) is 1. The van der Waals surface area contributed by atoms with Crippen LogP contribution in [0.2, 0.25) is 0 Å². The quantitative estimate of drug-likeness (QED) is 0.430. The lowest BCUT2D eigenvalue weighted by Crippen LogP contribution is -2.07. The lowest BCUT2D eigenvalue weighted by molar-refractivity contribution is -0.145. The van der Waals surface area contributed by atoms with Crippen molar-refractivity contribution in [2.75, 3.05) is 7.11 Å². The topological polar surface area (TPSA) is 78.6 Å². The highest BCUT2D eigenvalue weighted by Gasteiger charge is 2.12. The molecule has 3 rings (SSSR count). The van der Waals surface area contributed by atoms with Crippen LogP contribution in [-0.2, 0) is 22.6 Å². The maximum absolute atomic E-state index is 12.1. The number of oxazole rings is 1. The summed E-state index contributed by atoms with van der Waals surface area (Å²) in [5.41, 5.74) is 2.12. The number of benzene rings is 2. The Morgan fingerprint density at radius 1 is 1.11 bits per heavy atom. The van der Waals surface area contributed by atoms with Gasteiger partial charge >= 0.3 is 5.97 Å². The first-order valence-electron chi connectivity index (χ1n) is 8.90. The zero-order valence-corrected chi connectivity index (χ0v) is 15.8. The number of rotatable bonds is 8. The van der Waals surface area contributed by atoms with Crippen LogP contribution in [0.25, 0.3) is 11.3 Å². The second kappa shape index (κ2) is 8.99. The predicted octanol–water partition coefficient (Wildman–Crippen LogP) is 4.23. The molecule has 0 spiro atoms. The SMILES string of the molecule is COc1ccc(C(C)=O)cc1COC(=O)CCc1ncc(-c2ccccc2)o1. The summed E-state index contributed by atoms with van der Waals surface area (Å²) < 4.78 is 16.3. The Morgan fingerprint density at radius 2 is 1.89 bits per heavy atom. The van der Waals surface area contributed by atoms with Crippen molar-refractivity contribution in [3.8, 4) is 17.1 Å². The van der Waals surface area contributed by atoms with Crippen molar-refractivity contribution < 1.29 is 23.5 Å². The minimum Gasteiger partial charge on any atom is -0.496 e. The smallest absolute Gasteiger partial charge is 0.306 e. The van der Waals surface area contributed by atoms with E-state index in [1.165, 1.54) is 14.0 Å². The highest BCUT2D eigenvalue weighted by Crippen LogP contribution is 2.22. The van der Waals surface area contributed by atoms with Gasteiger partial charge in [-0.05, 0) is 25.1 Å². The minimum absolute atomic E-state index is 0.0317. The summed E-state index contributed by atoms with van der Waals surface area (Å²) in [6.45, 7) is 1.52. The number of Topliss-reactive ketones (excluding diaryl/α,β-unsaturated/α-hetero) is 1. The normalized spacial score (nSPS) is 10.5. The third kappa shape index (κ3) is 4.85. The summed E-state index contributed by atoms with van der Waals surface area (Å²) in [5, 5.41) is 0. The van der Waals surface area contributed by atoms with Gasteiger partial charge in [-0.3, -0.25) is 9.59 Å². The summed E-state index contributed by atoms with van der Waals surface area (Å²) in [6.07, 6.45) is 2.13. The van der Waals surface area contributed by atoms with Crippen LogP contribution in [0, 0.1) is 0 Å². The predicted molar refractivity (Wildman–Crippen MR) is 103 cm³/mol. The molecule has 0 unspecified atom stereocenters. The Balaban J connectivity index is 1.55. The zero-order chi connectivity index (χ0) is 19.9. The molecule has 1 aromatic heterocycles. The molecule has 6 nitrogen and oxygen atoms in total. The van der Waals surface area contributed by atoms with Crippen molar-refractivity contribution in [1.29, 1.82) is 0 Å². The van der Waals surface area contributed by atoms with Gasteiger partial charge in [-0.25, -0.2) is 4.98 Å². The average Bonchev–Trinajstić information content (AvgIpc) is 3.20. The van der Waals surface area contributed by atoms with E-state index in [0.29, 0.717) is 34.9 Å². The first-order valence-corrected chi connectivity index (χ1v) is 8.90. The summed E-state index contributed by atoms with van der Waals surface area (Å²) in [7, 11) is 1.53. The van der Waals surface area contributed by atoms with Gasteiger partial charge in [0.05, 0.1) is 19.7 Å². The molecule has 0 saturated heterocycles. The van der Waals surface area contributed by atoms with Crippen molar-refractivity contribution in [2.45, 2.75) is 26.4 Å². The van der Waals surface area contributed by atoms with Gasteiger partial charge < -0.3 is 13.9 Å². The van der Waals surface area contributed by atoms with E-state index in [1.54, 1.807) is 24.4 Å². The number of carbonyl (C=O) groups excluding carboxylic acids is 2. The lowest BCUT2D eigenvalue weighted by atomic mass is 10.1. The largest absolute Gasteiger partial charge is 0.496 e. The third-order valence-corrected chi connectivity index (χ3v) is 4.23. The monoisotopic (exact) mass is 379 g/mol. The number of ketones is 1. The molecule has 0 saturated carbocycles. The maximum atomic E-state index is 12.1. The standard InChI is InChI=1S/C22H21NO5/c1-15(24)17-8-9-19(26-2)18(12-17)14-27-22(25)11-10-21-23-13-20(28-21)16-6-4-3-5-7-16/h3-9,12-13H,10-11,14H2,1-2H3. The van der Waals surface area contributed by atoms with E-state index in [1.807, 2.05) is 30.3 Å². The molecule has 6 heteroatoms. The Hall–Kier alpha value is -3.41. The Kier molecular flexibility index (Phi) is 6.22. The Morgan fingerprint density at radius 3 is 2.61 bits per heavy atom. The molecule has 0 atom stereocenters. The van der Waals surface area contributed by atoms with Crippen molar-refractivity contribution in [3.63, 3.8) is 0 Å². The second-order valence-electron chi connectivity index (χ2n) is 6.23. The highest BCUT2D eigenvalue weighted by atomic mass is 16.5. The fraction of sp³-hybridized carbons (Fsp3) is 0.227. The number of carbonyl (C=O) groups is 2. The number of esters is 1. The molecule has 144 valence electrons. The maximum Gasteiger partial charge on any atom is 0.306 e. The average molecular weight is 379 g/mol. The lowest BCUT2D eigenvalue weighted by Gasteiger charge is -2.10. The number of ether oxygens (including phenoxy) is 2. The Bertz CT molecular complexity index is 962. The molecule has 0 aliphatic heterocycles. The van der Waals surface area contributed by atoms with E-state index in [2.05, 4.69) is 4.98 Å². The van der Waals surface area contributed by atoms with Crippen LogP contribution >= 0.6 is 0 Å². The molecule has 0 aliphatic rings. The van der Waals surface area contributed by atoms with E-state index in [0.717, 1.165) is 5.56 Å². The van der Waals surface area contributed by atoms with Crippen LogP contribution in [-0.4, -0.2) is 23.8 Å². The second-order valence-corrected chi connectivity index (χ2v) is 6.23. The van der Waals surface area contributed by atoms with Crippen LogP contribution < -0.4 is 4.74 Å². The summed E-state index contributed by atoms with van der Waals surface area (Å²) in [4.78, 5) is 27.8. The van der Waals surface area contributed by atoms with Crippen molar-refractivity contribution in [1.82, 2.24) is 4.98 Å². The van der Waals surface area contributed by atoms with E-state index < -0.39 is 0 Å². The number of hydrogen-bond acceptors (Lipinski definition) is 6. The molecule has 0 N–H and O–H groups in total. The molecule has 1 heterocycles. The van der Waals surface area contributed by atoms with Gasteiger partial charge in [-0.2, -0.15) is 0 Å². The molecule has 0 bridgehead atoms. The summed E-state index contributed by atoms with van der Waals surface area (Å²) in [5.74, 6) is 1.27. The van der Waals surface area contributed by atoms with Crippen LogP contribution in [0.15, 0.2) is 59.1 Å². The number of hydrogen-bond donors (Lipinski definition) is 0. The molecule has 0 fully saturated rings. The van der Waals surface area contributed by atoms with Gasteiger partial charge in [0.15, 0.2) is 17.4 Å². The van der Waals surface area contributed by atoms with Crippen molar-refractivity contribution in [3.05, 3.63) is 71.7 Å². The number of methoxy groups -OCH3 is 1. The molecule has 28 heavy (non-hydrogen) atoms. The number of aryl methyl sites for hydroxylation is 1. The zero-order valence-electron chi connectivity index (χ0n) is 15.8. The van der Waals surface area contributed by atoms with Gasteiger partial charge in [-0.1, -0.05) is 30.3 Å². The summed E-state index contributed by atoms with van der Waals surface area (Å²) >= 11 is 0. The van der Waals surface area contributed by atoms with E-state index in [4.69, 9.17) is 13.9 Å². The van der Waals surface area contributed by atoms with Crippen LogP contribution in [0.5, 0.6) is 5.75 Å². The molecule has 0 aliphatic carbocycles. The van der Waals surface area contributed by atoms with Gasteiger partial charge in [-0.15, -0.1) is 0 Å². The first-order chi connectivity index (χ1) is 13.6. The first kappa shape index (κ1) is 19.4. The van der Waals surface area contributed by atoms with E-state index in [-0.39, 0.29) is 24.8 Å². The third-order valence-electron chi connectivity index (χ3n) is 4.23. The fourth-order valence-electron chi connectivity index (χ4n) is 2.71. The molecular weight excluding hydrogens is 358 g/mol. The molecule has 2 aromatic carbocycles. The van der Waals surface area contributed by atoms with Gasteiger partial charge in [0.25, 0.3) is 0 Å². The minimum atomic E-state index is -0.380. The number of aromatic nitrogens is 1. The van der Waals surface area contributed by atoms with Crippen LogP contribution in [0.1, 0.15) is 35.2 Å².